The van der Waals surface area contributed by atoms with E-state index >= 15 is 0 Å². The van der Waals surface area contributed by atoms with E-state index in [1.807, 2.05) is 12.2 Å². The van der Waals surface area contributed by atoms with Crippen LogP contribution in [0, 0.1) is 0 Å². The molecular formula is C17H21N3O3. The van der Waals surface area contributed by atoms with Gasteiger partial charge in [-0.15, -0.1) is 0 Å². The number of para-hydroxylation sites is 2. The van der Waals surface area contributed by atoms with Crippen LogP contribution in [0.25, 0.3) is 0 Å². The zero-order valence-corrected chi connectivity index (χ0v) is 12.9. The van der Waals surface area contributed by atoms with Gasteiger partial charge in [-0.3, -0.25) is 14.4 Å². The van der Waals surface area contributed by atoms with Gasteiger partial charge in [0.05, 0.1) is 17.4 Å². The van der Waals surface area contributed by atoms with Gasteiger partial charge in [-0.2, -0.15) is 0 Å². The molecule has 1 aromatic rings. The van der Waals surface area contributed by atoms with Crippen molar-refractivity contribution >= 4 is 29.0 Å². The first-order valence-electron chi connectivity index (χ1n) is 7.72. The highest BCUT2D eigenvalue weighted by atomic mass is 16.2. The predicted molar refractivity (Wildman–Crippen MR) is 88.9 cm³/mol. The summed E-state index contributed by atoms with van der Waals surface area (Å²) >= 11 is 0. The Balaban J connectivity index is 2.21. The van der Waals surface area contributed by atoms with E-state index < -0.39 is 17.7 Å². The van der Waals surface area contributed by atoms with Gasteiger partial charge in [0.15, 0.2) is 0 Å². The number of benzene rings is 1. The Morgan fingerprint density at radius 3 is 2.39 bits per heavy atom. The zero-order chi connectivity index (χ0) is 16.7. The first-order chi connectivity index (χ1) is 11.1. The van der Waals surface area contributed by atoms with E-state index in [4.69, 9.17) is 5.73 Å². The lowest BCUT2D eigenvalue weighted by Crippen LogP contribution is -2.38. The third-order valence-corrected chi connectivity index (χ3v) is 3.59. The summed E-state index contributed by atoms with van der Waals surface area (Å²) in [6.07, 6.45) is 6.94. The van der Waals surface area contributed by atoms with Crippen molar-refractivity contribution in [3.05, 3.63) is 36.4 Å². The van der Waals surface area contributed by atoms with Crippen molar-refractivity contribution < 1.29 is 14.4 Å². The molecule has 0 spiro atoms. The Bertz CT molecular complexity index is 625. The van der Waals surface area contributed by atoms with Crippen molar-refractivity contribution in [2.24, 2.45) is 5.73 Å². The minimum Gasteiger partial charge on any atom is -0.324 e. The molecule has 2 amide bonds. The number of hydrogen-bond donors (Lipinski definition) is 3. The number of allylic oxidation sites excluding steroid dienone is 1. The van der Waals surface area contributed by atoms with Crippen LogP contribution in [0.1, 0.15) is 32.1 Å². The van der Waals surface area contributed by atoms with E-state index in [2.05, 4.69) is 10.6 Å². The topological polar surface area (TPSA) is 101 Å². The van der Waals surface area contributed by atoms with Crippen LogP contribution in [0.5, 0.6) is 0 Å². The molecule has 23 heavy (non-hydrogen) atoms. The Labute approximate surface area is 135 Å². The van der Waals surface area contributed by atoms with Crippen LogP contribution >= 0.6 is 0 Å². The molecule has 2 rings (SSSR count). The van der Waals surface area contributed by atoms with Crippen LogP contribution in [0.4, 0.5) is 11.4 Å². The Morgan fingerprint density at radius 1 is 0.957 bits per heavy atom. The molecule has 1 aliphatic heterocycles. The first kappa shape index (κ1) is 16.9. The van der Waals surface area contributed by atoms with Gasteiger partial charge < -0.3 is 16.4 Å². The molecule has 6 nitrogen and oxygen atoms in total. The maximum Gasteiger partial charge on any atom is 0.293 e. The molecule has 1 aliphatic rings. The van der Waals surface area contributed by atoms with Gasteiger partial charge in [-0.25, -0.2) is 0 Å². The number of rotatable bonds is 0. The lowest BCUT2D eigenvalue weighted by molar-refractivity contribution is -0.135. The number of carbonyl (C=O) groups excluding carboxylic acids is 3. The number of nitrogens with two attached hydrogens (primary N) is 1. The number of ketones is 1. The number of carbonyl (C=O) groups is 3. The van der Waals surface area contributed by atoms with Crippen molar-refractivity contribution in [3.63, 3.8) is 0 Å². The summed E-state index contributed by atoms with van der Waals surface area (Å²) in [4.78, 5) is 36.0. The molecular weight excluding hydrogens is 294 g/mol. The number of anilines is 2. The summed E-state index contributed by atoms with van der Waals surface area (Å²) in [5.41, 5.74) is 6.62. The molecule has 4 N–H and O–H groups in total. The predicted octanol–water partition coefficient (Wildman–Crippen LogP) is 1.98. The summed E-state index contributed by atoms with van der Waals surface area (Å²) in [6.45, 7) is 0. The van der Waals surface area contributed by atoms with Gasteiger partial charge in [0.25, 0.3) is 5.91 Å². The van der Waals surface area contributed by atoms with Crippen LogP contribution < -0.4 is 16.4 Å². The summed E-state index contributed by atoms with van der Waals surface area (Å²) in [7, 11) is 0. The third-order valence-electron chi connectivity index (χ3n) is 3.59. The quantitative estimate of drug-likeness (QED) is 0.503. The molecule has 122 valence electrons. The van der Waals surface area contributed by atoms with Crippen LogP contribution in [0.15, 0.2) is 36.4 Å². The summed E-state index contributed by atoms with van der Waals surface area (Å²) in [6, 6.07) is 5.91. The highest BCUT2D eigenvalue weighted by Gasteiger charge is 2.22. The number of fused-ring (bicyclic) bond motifs is 1. The number of hydrogen-bond acceptors (Lipinski definition) is 4. The summed E-state index contributed by atoms with van der Waals surface area (Å²) in [5, 5.41) is 5.29. The number of Topliss-reactive ketones (excluding diaryl/α,β-unsaturated/α-hetero) is 1. The second kappa shape index (κ2) is 8.24. The fraction of sp³-hybridized carbons (Fsp3) is 0.353. The lowest BCUT2D eigenvalue weighted by atomic mass is 10.1. The molecule has 1 aromatic carbocycles. The minimum absolute atomic E-state index is 0.117. The molecule has 0 aromatic heterocycles. The van der Waals surface area contributed by atoms with E-state index in [9.17, 15) is 14.4 Å². The monoisotopic (exact) mass is 315 g/mol. The second-order valence-corrected chi connectivity index (χ2v) is 5.47. The smallest absolute Gasteiger partial charge is 0.293 e. The van der Waals surface area contributed by atoms with Crippen molar-refractivity contribution in [2.45, 2.75) is 38.1 Å². The molecule has 6 heteroatoms. The van der Waals surface area contributed by atoms with Crippen molar-refractivity contribution in [1.82, 2.24) is 0 Å². The highest BCUT2D eigenvalue weighted by molar-refractivity contribution is 6.42. The maximum absolute atomic E-state index is 12.0. The molecule has 0 radical (unpaired) electrons. The minimum atomic E-state index is -0.863. The Hall–Kier alpha value is -2.47. The molecule has 0 bridgehead atoms. The van der Waals surface area contributed by atoms with Gasteiger partial charge in [-0.1, -0.05) is 24.3 Å². The highest BCUT2D eigenvalue weighted by Crippen LogP contribution is 2.21. The molecule has 1 heterocycles. The molecule has 0 aliphatic carbocycles. The first-order valence-corrected chi connectivity index (χ1v) is 7.72. The fourth-order valence-corrected chi connectivity index (χ4v) is 2.28. The van der Waals surface area contributed by atoms with Crippen LogP contribution in [-0.2, 0) is 14.4 Å². The average Bonchev–Trinajstić information content (AvgIpc) is 2.54. The van der Waals surface area contributed by atoms with E-state index in [-0.39, 0.29) is 5.91 Å². The largest absolute Gasteiger partial charge is 0.324 e. The molecule has 0 fully saturated rings. The van der Waals surface area contributed by atoms with Crippen molar-refractivity contribution in [3.8, 4) is 0 Å². The normalized spacial score (nSPS) is 22.1. The third kappa shape index (κ3) is 5.03. The Morgan fingerprint density at radius 2 is 1.65 bits per heavy atom. The standard InChI is InChI=1S/C17H21N3O3/c18-12-8-4-2-1-3-5-11-15(21)19-13-9-6-7-10-14(13)20-17(23)16(12)22/h2,4,6-7,9-10,12H,1,3,5,8,11,18H2,(H,19,21)(H,20,23)/b4-2+. The molecule has 0 saturated heterocycles. The Kier molecular flexibility index (Phi) is 6.05. The van der Waals surface area contributed by atoms with Crippen LogP contribution in [0.2, 0.25) is 0 Å². The van der Waals surface area contributed by atoms with Gasteiger partial charge in [0, 0.05) is 6.42 Å². The summed E-state index contributed by atoms with van der Waals surface area (Å²) in [5.74, 6) is -1.57. The second-order valence-electron chi connectivity index (χ2n) is 5.47. The van der Waals surface area contributed by atoms with Gasteiger partial charge in [0.1, 0.15) is 0 Å². The van der Waals surface area contributed by atoms with Gasteiger partial charge in [-0.05, 0) is 37.8 Å². The van der Waals surface area contributed by atoms with Crippen molar-refractivity contribution in [2.75, 3.05) is 10.6 Å². The lowest BCUT2D eigenvalue weighted by Gasteiger charge is -2.13. The number of amides is 2. The van der Waals surface area contributed by atoms with E-state index in [1.54, 1.807) is 24.3 Å². The van der Waals surface area contributed by atoms with Crippen LogP contribution in [0.3, 0.4) is 0 Å². The fourth-order valence-electron chi connectivity index (χ4n) is 2.28. The summed E-state index contributed by atoms with van der Waals surface area (Å²) < 4.78 is 0. The number of nitrogens with one attached hydrogen (secondary N) is 2. The van der Waals surface area contributed by atoms with Gasteiger partial charge in [0.2, 0.25) is 11.7 Å². The average molecular weight is 315 g/mol. The molecule has 1 unspecified atom stereocenters. The SMILES string of the molecule is NC1C/C=C/CCCCC(=O)Nc2ccccc2NC(=O)C1=O. The van der Waals surface area contributed by atoms with E-state index in [0.717, 1.165) is 19.3 Å². The zero-order valence-electron chi connectivity index (χ0n) is 12.9. The molecule has 0 saturated carbocycles. The van der Waals surface area contributed by atoms with E-state index in [0.29, 0.717) is 24.2 Å². The molecule has 1 atom stereocenters. The maximum atomic E-state index is 12.0. The van der Waals surface area contributed by atoms with Crippen LogP contribution in [-0.4, -0.2) is 23.6 Å². The van der Waals surface area contributed by atoms with Gasteiger partial charge >= 0.3 is 0 Å². The van der Waals surface area contributed by atoms with E-state index in [1.165, 1.54) is 0 Å². The van der Waals surface area contributed by atoms with Crippen molar-refractivity contribution in [1.29, 1.82) is 0 Å².